The summed E-state index contributed by atoms with van der Waals surface area (Å²) in [4.78, 5) is 0. The Hall–Kier alpha value is -0.120. The third-order valence-corrected chi connectivity index (χ3v) is 4.30. The zero-order valence-corrected chi connectivity index (χ0v) is 14.0. The topological polar surface area (TPSA) is 30.5 Å². The summed E-state index contributed by atoms with van der Waals surface area (Å²) >= 11 is 0. The molecule has 0 saturated heterocycles. The molecule has 3 nitrogen and oxygen atoms in total. The van der Waals surface area contributed by atoms with Crippen molar-refractivity contribution in [2.45, 2.75) is 77.9 Å². The maximum absolute atomic E-state index is 6.26. The SMILES string of the molecule is CCCCOCCOC1(CNC(C)C)CCC(C)CC1. The molecule has 120 valence electrons. The van der Waals surface area contributed by atoms with Crippen molar-refractivity contribution in [2.24, 2.45) is 5.92 Å². The number of hydrogen-bond donors (Lipinski definition) is 1. The van der Waals surface area contributed by atoms with E-state index in [4.69, 9.17) is 9.47 Å². The Labute approximate surface area is 125 Å². The van der Waals surface area contributed by atoms with Crippen LogP contribution in [0.1, 0.15) is 66.2 Å². The molecule has 0 radical (unpaired) electrons. The number of unbranched alkanes of at least 4 members (excludes halogenated alkanes) is 1. The smallest absolute Gasteiger partial charge is 0.0807 e. The molecule has 20 heavy (non-hydrogen) atoms. The predicted octanol–water partition coefficient (Wildman–Crippen LogP) is 3.77. The third kappa shape index (κ3) is 7.05. The van der Waals surface area contributed by atoms with E-state index in [0.29, 0.717) is 6.04 Å². The Morgan fingerprint density at radius 1 is 1.15 bits per heavy atom. The fourth-order valence-electron chi connectivity index (χ4n) is 2.72. The van der Waals surface area contributed by atoms with Gasteiger partial charge < -0.3 is 14.8 Å². The fourth-order valence-corrected chi connectivity index (χ4v) is 2.72. The normalized spacial score (nSPS) is 27.1. The molecule has 0 bridgehead atoms. The summed E-state index contributed by atoms with van der Waals surface area (Å²) in [6.07, 6.45) is 7.29. The van der Waals surface area contributed by atoms with Gasteiger partial charge in [-0.05, 0) is 38.0 Å². The Morgan fingerprint density at radius 3 is 2.45 bits per heavy atom. The van der Waals surface area contributed by atoms with Gasteiger partial charge in [0.25, 0.3) is 0 Å². The minimum Gasteiger partial charge on any atom is -0.379 e. The highest BCUT2D eigenvalue weighted by Gasteiger charge is 2.34. The van der Waals surface area contributed by atoms with Gasteiger partial charge in [-0.25, -0.2) is 0 Å². The van der Waals surface area contributed by atoms with Crippen molar-refractivity contribution < 1.29 is 9.47 Å². The van der Waals surface area contributed by atoms with Crippen LogP contribution in [0.5, 0.6) is 0 Å². The van der Waals surface area contributed by atoms with E-state index in [9.17, 15) is 0 Å². The van der Waals surface area contributed by atoms with Crippen LogP contribution in [-0.4, -0.2) is 38.0 Å². The van der Waals surface area contributed by atoms with Crippen molar-refractivity contribution in [1.29, 1.82) is 0 Å². The van der Waals surface area contributed by atoms with Crippen LogP contribution in [0.4, 0.5) is 0 Å². The zero-order valence-electron chi connectivity index (χ0n) is 14.0. The van der Waals surface area contributed by atoms with Crippen molar-refractivity contribution >= 4 is 0 Å². The lowest BCUT2D eigenvalue weighted by molar-refractivity contribution is -0.0924. The van der Waals surface area contributed by atoms with Gasteiger partial charge in [0.2, 0.25) is 0 Å². The fraction of sp³-hybridized carbons (Fsp3) is 1.00. The van der Waals surface area contributed by atoms with Crippen LogP contribution < -0.4 is 5.32 Å². The van der Waals surface area contributed by atoms with Crippen LogP contribution in [0.2, 0.25) is 0 Å². The first kappa shape index (κ1) is 17.9. The minimum atomic E-state index is 0.0465. The molecule has 0 unspecified atom stereocenters. The van der Waals surface area contributed by atoms with E-state index in [-0.39, 0.29) is 5.60 Å². The van der Waals surface area contributed by atoms with Crippen LogP contribution in [0.15, 0.2) is 0 Å². The summed E-state index contributed by atoms with van der Waals surface area (Å²) in [5.74, 6) is 0.853. The first-order valence-corrected chi connectivity index (χ1v) is 8.53. The molecule has 0 amide bonds. The quantitative estimate of drug-likeness (QED) is 0.620. The number of ether oxygens (including phenoxy) is 2. The first-order chi connectivity index (χ1) is 9.58. The van der Waals surface area contributed by atoms with Crippen LogP contribution in [0.25, 0.3) is 0 Å². The molecular weight excluding hydrogens is 250 g/mol. The van der Waals surface area contributed by atoms with E-state index < -0.39 is 0 Å². The molecule has 0 spiro atoms. The van der Waals surface area contributed by atoms with Crippen LogP contribution in [0, 0.1) is 5.92 Å². The molecule has 3 heteroatoms. The van der Waals surface area contributed by atoms with Crippen LogP contribution in [0.3, 0.4) is 0 Å². The molecule has 0 heterocycles. The van der Waals surface area contributed by atoms with Crippen molar-refractivity contribution in [3.63, 3.8) is 0 Å². The van der Waals surface area contributed by atoms with Crippen molar-refractivity contribution in [3.8, 4) is 0 Å². The molecular formula is C17H35NO2. The summed E-state index contributed by atoms with van der Waals surface area (Å²) in [5, 5.41) is 3.57. The lowest BCUT2D eigenvalue weighted by Crippen LogP contribution is -2.48. The van der Waals surface area contributed by atoms with E-state index in [1.165, 1.54) is 32.1 Å². The van der Waals surface area contributed by atoms with E-state index in [1.54, 1.807) is 0 Å². The predicted molar refractivity (Wildman–Crippen MR) is 85.2 cm³/mol. The Morgan fingerprint density at radius 2 is 1.85 bits per heavy atom. The van der Waals surface area contributed by atoms with Crippen LogP contribution in [-0.2, 0) is 9.47 Å². The molecule has 0 aromatic carbocycles. The summed E-state index contributed by atoms with van der Waals surface area (Å²) in [6, 6.07) is 0.524. The average Bonchev–Trinajstić information content (AvgIpc) is 2.43. The van der Waals surface area contributed by atoms with E-state index in [1.807, 2.05) is 0 Å². The van der Waals surface area contributed by atoms with Crippen molar-refractivity contribution in [1.82, 2.24) is 5.32 Å². The van der Waals surface area contributed by atoms with Gasteiger partial charge in [-0.3, -0.25) is 0 Å². The van der Waals surface area contributed by atoms with Gasteiger partial charge in [-0.1, -0.05) is 34.1 Å². The summed E-state index contributed by atoms with van der Waals surface area (Å²) in [5.41, 5.74) is 0.0465. The number of hydrogen-bond acceptors (Lipinski definition) is 3. The summed E-state index contributed by atoms with van der Waals surface area (Å²) in [7, 11) is 0. The molecule has 1 rings (SSSR count). The molecule has 0 atom stereocenters. The van der Waals surface area contributed by atoms with E-state index in [2.05, 4.69) is 33.0 Å². The Bertz CT molecular complexity index is 235. The molecule has 0 aromatic rings. The standard InChI is InChI=1S/C17H35NO2/c1-5-6-11-19-12-13-20-17(14-18-15(2)3)9-7-16(4)8-10-17/h15-16,18H,5-14H2,1-4H3. The van der Waals surface area contributed by atoms with Gasteiger partial charge in [0.15, 0.2) is 0 Å². The largest absolute Gasteiger partial charge is 0.379 e. The Balaban J connectivity index is 2.30. The average molecular weight is 285 g/mol. The van der Waals surface area contributed by atoms with Crippen LogP contribution >= 0.6 is 0 Å². The highest BCUT2D eigenvalue weighted by Crippen LogP contribution is 2.34. The third-order valence-electron chi connectivity index (χ3n) is 4.30. The molecule has 0 aromatic heterocycles. The number of nitrogens with one attached hydrogen (secondary N) is 1. The second-order valence-electron chi connectivity index (χ2n) is 6.72. The molecule has 1 aliphatic rings. The van der Waals surface area contributed by atoms with Gasteiger partial charge in [-0.2, -0.15) is 0 Å². The zero-order chi connectivity index (χ0) is 14.8. The molecule has 1 fully saturated rings. The van der Waals surface area contributed by atoms with E-state index >= 15 is 0 Å². The Kier molecular flexibility index (Phi) is 8.74. The maximum Gasteiger partial charge on any atom is 0.0807 e. The van der Waals surface area contributed by atoms with Gasteiger partial charge in [0.05, 0.1) is 18.8 Å². The summed E-state index contributed by atoms with van der Waals surface area (Å²) < 4.78 is 11.9. The van der Waals surface area contributed by atoms with Crippen molar-refractivity contribution in [2.75, 3.05) is 26.4 Å². The second-order valence-corrected chi connectivity index (χ2v) is 6.72. The van der Waals surface area contributed by atoms with Gasteiger partial charge in [-0.15, -0.1) is 0 Å². The molecule has 1 aliphatic carbocycles. The molecule has 1 N–H and O–H groups in total. The number of rotatable bonds is 10. The monoisotopic (exact) mass is 285 g/mol. The van der Waals surface area contributed by atoms with E-state index in [0.717, 1.165) is 38.7 Å². The molecule has 1 saturated carbocycles. The lowest BCUT2D eigenvalue weighted by Gasteiger charge is -2.40. The maximum atomic E-state index is 6.26. The minimum absolute atomic E-state index is 0.0465. The lowest BCUT2D eigenvalue weighted by atomic mass is 9.79. The van der Waals surface area contributed by atoms with Crippen molar-refractivity contribution in [3.05, 3.63) is 0 Å². The highest BCUT2D eigenvalue weighted by molar-refractivity contribution is 4.89. The van der Waals surface area contributed by atoms with Gasteiger partial charge in [0.1, 0.15) is 0 Å². The van der Waals surface area contributed by atoms with Gasteiger partial charge >= 0.3 is 0 Å². The first-order valence-electron chi connectivity index (χ1n) is 8.53. The second kappa shape index (κ2) is 9.75. The molecule has 0 aliphatic heterocycles. The van der Waals surface area contributed by atoms with Gasteiger partial charge in [0, 0.05) is 19.2 Å². The highest BCUT2D eigenvalue weighted by atomic mass is 16.5. The summed E-state index contributed by atoms with van der Waals surface area (Å²) in [6.45, 7) is 12.3.